The topological polar surface area (TPSA) is 15.3 Å². The number of nitrogens with zero attached hydrogens (tertiary/aromatic N) is 1. The molecule has 2 fully saturated rings. The van der Waals surface area contributed by atoms with Gasteiger partial charge in [0.05, 0.1) is 0 Å². The van der Waals surface area contributed by atoms with Gasteiger partial charge in [0.2, 0.25) is 0 Å². The molecule has 1 aromatic rings. The first kappa shape index (κ1) is 13.1. The number of hydrogen-bond acceptors (Lipinski definition) is 2. The van der Waals surface area contributed by atoms with Crippen LogP contribution < -0.4 is 5.32 Å². The minimum atomic E-state index is 0.688. The van der Waals surface area contributed by atoms with Crippen LogP contribution in [0.15, 0.2) is 24.3 Å². The minimum absolute atomic E-state index is 0.688. The fourth-order valence-corrected chi connectivity index (χ4v) is 3.23. The first-order valence-electron chi connectivity index (χ1n) is 7.79. The van der Waals surface area contributed by atoms with Crippen molar-refractivity contribution >= 4 is 0 Å². The highest BCUT2D eigenvalue weighted by molar-refractivity contribution is 5.25. The van der Waals surface area contributed by atoms with Crippen molar-refractivity contribution in [2.75, 3.05) is 19.6 Å². The number of aryl methyl sites for hydroxylation is 1. The summed E-state index contributed by atoms with van der Waals surface area (Å²) in [6.07, 6.45) is 4.08. The molecule has 2 unspecified atom stereocenters. The third-order valence-corrected chi connectivity index (χ3v) is 4.57. The molecule has 1 heterocycles. The van der Waals surface area contributed by atoms with Gasteiger partial charge in [-0.05, 0) is 44.2 Å². The lowest BCUT2D eigenvalue weighted by atomic mass is 9.87. The number of piperidine rings is 1. The van der Waals surface area contributed by atoms with Gasteiger partial charge < -0.3 is 10.2 Å². The van der Waals surface area contributed by atoms with Crippen LogP contribution in [-0.4, -0.2) is 36.6 Å². The summed E-state index contributed by atoms with van der Waals surface area (Å²) in [4.78, 5) is 2.61. The zero-order chi connectivity index (χ0) is 13.2. The van der Waals surface area contributed by atoms with Crippen LogP contribution in [0.25, 0.3) is 0 Å². The molecule has 0 amide bonds. The standard InChI is InChI=1S/C17H26N2/c1-3-19-11-15(14-6-4-13(2)5-7-14)10-17(12-19)18-16-8-9-16/h4-7,15-18H,3,8-12H2,1-2H3. The van der Waals surface area contributed by atoms with Gasteiger partial charge in [0.25, 0.3) is 0 Å². The van der Waals surface area contributed by atoms with Crippen molar-refractivity contribution in [3.8, 4) is 0 Å². The van der Waals surface area contributed by atoms with Gasteiger partial charge in [0, 0.05) is 25.2 Å². The van der Waals surface area contributed by atoms with E-state index in [4.69, 9.17) is 0 Å². The smallest absolute Gasteiger partial charge is 0.0203 e. The first-order valence-corrected chi connectivity index (χ1v) is 7.79. The normalized spacial score (nSPS) is 28.5. The first-order chi connectivity index (χ1) is 9.24. The Kier molecular flexibility index (Phi) is 3.90. The molecule has 0 aromatic heterocycles. The molecular weight excluding hydrogens is 232 g/mol. The maximum Gasteiger partial charge on any atom is 0.0203 e. The largest absolute Gasteiger partial charge is 0.310 e. The Morgan fingerprint density at radius 2 is 1.84 bits per heavy atom. The summed E-state index contributed by atoms with van der Waals surface area (Å²) in [6, 6.07) is 10.7. The van der Waals surface area contributed by atoms with Crippen LogP contribution >= 0.6 is 0 Å². The van der Waals surface area contributed by atoms with Crippen molar-refractivity contribution in [1.82, 2.24) is 10.2 Å². The molecule has 1 aliphatic heterocycles. The SMILES string of the molecule is CCN1CC(NC2CC2)CC(c2ccc(C)cc2)C1. The van der Waals surface area contributed by atoms with Crippen molar-refractivity contribution in [2.24, 2.45) is 0 Å². The number of nitrogens with one attached hydrogen (secondary N) is 1. The maximum absolute atomic E-state index is 3.83. The summed E-state index contributed by atoms with van der Waals surface area (Å²) in [5.41, 5.74) is 2.88. The fraction of sp³-hybridized carbons (Fsp3) is 0.647. The number of likely N-dealkylation sites (tertiary alicyclic amines) is 1. The van der Waals surface area contributed by atoms with Gasteiger partial charge in [-0.1, -0.05) is 36.8 Å². The van der Waals surface area contributed by atoms with Crippen LogP contribution in [0.4, 0.5) is 0 Å². The molecule has 1 N–H and O–H groups in total. The lowest BCUT2D eigenvalue weighted by Crippen LogP contribution is -2.49. The molecule has 0 radical (unpaired) electrons. The molecule has 1 saturated carbocycles. The van der Waals surface area contributed by atoms with Gasteiger partial charge in [-0.15, -0.1) is 0 Å². The highest BCUT2D eigenvalue weighted by Gasteiger charge is 2.31. The molecule has 1 aliphatic carbocycles. The molecule has 3 rings (SSSR count). The fourth-order valence-electron chi connectivity index (χ4n) is 3.23. The Hall–Kier alpha value is -0.860. The van der Waals surface area contributed by atoms with E-state index < -0.39 is 0 Å². The Balaban J connectivity index is 1.69. The van der Waals surface area contributed by atoms with Crippen molar-refractivity contribution < 1.29 is 0 Å². The van der Waals surface area contributed by atoms with Crippen LogP contribution in [0.1, 0.15) is 43.2 Å². The van der Waals surface area contributed by atoms with Gasteiger partial charge in [-0.2, -0.15) is 0 Å². The summed E-state index contributed by atoms with van der Waals surface area (Å²) in [7, 11) is 0. The summed E-state index contributed by atoms with van der Waals surface area (Å²) in [6.45, 7) is 8.08. The van der Waals surface area contributed by atoms with E-state index in [0.29, 0.717) is 12.0 Å². The van der Waals surface area contributed by atoms with Crippen LogP contribution in [-0.2, 0) is 0 Å². The Bertz CT molecular complexity index is 408. The van der Waals surface area contributed by atoms with E-state index in [0.717, 1.165) is 6.04 Å². The molecule has 2 nitrogen and oxygen atoms in total. The minimum Gasteiger partial charge on any atom is -0.310 e. The van der Waals surface area contributed by atoms with Gasteiger partial charge in [-0.3, -0.25) is 0 Å². The Labute approximate surface area is 117 Å². The third kappa shape index (κ3) is 3.37. The predicted octanol–water partition coefficient (Wildman–Crippen LogP) is 2.92. The summed E-state index contributed by atoms with van der Waals surface area (Å²) in [5, 5.41) is 3.83. The maximum atomic E-state index is 3.83. The molecule has 104 valence electrons. The molecule has 2 heteroatoms. The second kappa shape index (κ2) is 5.64. The molecular formula is C17H26N2. The van der Waals surface area contributed by atoms with Gasteiger partial charge in [0.15, 0.2) is 0 Å². The number of rotatable bonds is 4. The molecule has 19 heavy (non-hydrogen) atoms. The molecule has 2 atom stereocenters. The second-order valence-electron chi connectivity index (χ2n) is 6.33. The van der Waals surface area contributed by atoms with E-state index in [1.807, 2.05) is 0 Å². The molecule has 1 saturated heterocycles. The lowest BCUT2D eigenvalue weighted by molar-refractivity contribution is 0.178. The lowest BCUT2D eigenvalue weighted by Gasteiger charge is -2.38. The van der Waals surface area contributed by atoms with Crippen molar-refractivity contribution in [3.05, 3.63) is 35.4 Å². The zero-order valence-electron chi connectivity index (χ0n) is 12.2. The van der Waals surface area contributed by atoms with Crippen LogP contribution in [0.3, 0.4) is 0 Å². The summed E-state index contributed by atoms with van der Waals surface area (Å²) < 4.78 is 0. The van der Waals surface area contributed by atoms with E-state index in [2.05, 4.69) is 48.3 Å². The monoisotopic (exact) mass is 258 g/mol. The van der Waals surface area contributed by atoms with Gasteiger partial charge in [0.1, 0.15) is 0 Å². The molecule has 0 bridgehead atoms. The summed E-state index contributed by atoms with van der Waals surface area (Å²) in [5.74, 6) is 0.700. The van der Waals surface area contributed by atoms with E-state index in [1.165, 1.54) is 50.0 Å². The number of likely N-dealkylation sites (N-methyl/N-ethyl adjacent to an activating group) is 1. The Morgan fingerprint density at radius 3 is 2.47 bits per heavy atom. The second-order valence-corrected chi connectivity index (χ2v) is 6.33. The highest BCUT2D eigenvalue weighted by atomic mass is 15.2. The van der Waals surface area contributed by atoms with E-state index in [1.54, 1.807) is 0 Å². The van der Waals surface area contributed by atoms with E-state index in [-0.39, 0.29) is 0 Å². The average Bonchev–Trinajstić information content (AvgIpc) is 3.23. The van der Waals surface area contributed by atoms with Gasteiger partial charge in [-0.25, -0.2) is 0 Å². The Morgan fingerprint density at radius 1 is 1.11 bits per heavy atom. The van der Waals surface area contributed by atoms with Gasteiger partial charge >= 0.3 is 0 Å². The molecule has 0 spiro atoms. The average molecular weight is 258 g/mol. The number of benzene rings is 1. The van der Waals surface area contributed by atoms with Crippen molar-refractivity contribution in [3.63, 3.8) is 0 Å². The molecule has 2 aliphatic rings. The van der Waals surface area contributed by atoms with Crippen molar-refractivity contribution in [2.45, 2.75) is 51.1 Å². The predicted molar refractivity (Wildman–Crippen MR) is 80.6 cm³/mol. The zero-order valence-corrected chi connectivity index (χ0v) is 12.2. The summed E-state index contributed by atoms with van der Waals surface area (Å²) >= 11 is 0. The van der Waals surface area contributed by atoms with Crippen molar-refractivity contribution in [1.29, 1.82) is 0 Å². The van der Waals surface area contributed by atoms with E-state index >= 15 is 0 Å². The highest BCUT2D eigenvalue weighted by Crippen LogP contribution is 2.29. The third-order valence-electron chi connectivity index (χ3n) is 4.57. The quantitative estimate of drug-likeness (QED) is 0.893. The van der Waals surface area contributed by atoms with E-state index in [9.17, 15) is 0 Å². The van der Waals surface area contributed by atoms with Crippen LogP contribution in [0.2, 0.25) is 0 Å². The van der Waals surface area contributed by atoms with Crippen LogP contribution in [0, 0.1) is 6.92 Å². The van der Waals surface area contributed by atoms with Crippen LogP contribution in [0.5, 0.6) is 0 Å². The molecule has 1 aromatic carbocycles. The number of hydrogen-bond donors (Lipinski definition) is 1.